The van der Waals surface area contributed by atoms with Crippen LogP contribution in [0.5, 0.6) is 0 Å². The Bertz CT molecular complexity index is 413. The topological polar surface area (TPSA) is 46.2 Å². The van der Waals surface area contributed by atoms with Gasteiger partial charge in [-0.25, -0.2) is 0 Å². The van der Waals surface area contributed by atoms with Crippen LogP contribution < -0.4 is 5.32 Å². The van der Waals surface area contributed by atoms with E-state index in [1.54, 1.807) is 18.2 Å². The van der Waals surface area contributed by atoms with Crippen molar-refractivity contribution >= 4 is 17.4 Å². The Morgan fingerprint density at radius 2 is 1.83 bits per heavy atom. The molecule has 0 aliphatic heterocycles. The summed E-state index contributed by atoms with van der Waals surface area (Å²) in [6.45, 7) is 3.65. The molecule has 1 amide bonds. The molecule has 18 heavy (non-hydrogen) atoms. The number of Topliss-reactive ketones (excluding diaryl/α,β-unsaturated/α-hetero) is 1. The standard InChI is InChI=1S/C15H21NO2/c1-3-4-5-6-11-15(18)16-14-10-8-7-9-13(14)12(2)17/h7-10H,3-6,11H2,1-2H3,(H,16,18). The van der Waals surface area contributed by atoms with Crippen LogP contribution in [0.4, 0.5) is 5.69 Å². The van der Waals surface area contributed by atoms with Gasteiger partial charge in [-0.05, 0) is 25.5 Å². The monoisotopic (exact) mass is 247 g/mol. The lowest BCUT2D eigenvalue weighted by Gasteiger charge is -2.08. The maximum atomic E-state index is 11.7. The van der Waals surface area contributed by atoms with Crippen molar-refractivity contribution in [3.63, 3.8) is 0 Å². The number of anilines is 1. The average Bonchev–Trinajstić information content (AvgIpc) is 2.35. The number of rotatable bonds is 7. The minimum atomic E-state index is -0.0307. The van der Waals surface area contributed by atoms with Crippen LogP contribution in [-0.4, -0.2) is 11.7 Å². The maximum absolute atomic E-state index is 11.7. The zero-order valence-electron chi connectivity index (χ0n) is 11.2. The number of carbonyl (C=O) groups is 2. The molecular weight excluding hydrogens is 226 g/mol. The molecule has 0 saturated carbocycles. The maximum Gasteiger partial charge on any atom is 0.224 e. The van der Waals surface area contributed by atoms with Crippen molar-refractivity contribution in [1.29, 1.82) is 0 Å². The Hall–Kier alpha value is -1.64. The predicted octanol–water partition coefficient (Wildman–Crippen LogP) is 3.80. The van der Waals surface area contributed by atoms with E-state index in [0.717, 1.165) is 25.7 Å². The van der Waals surface area contributed by atoms with Crippen molar-refractivity contribution in [3.05, 3.63) is 29.8 Å². The molecule has 0 atom stereocenters. The lowest BCUT2D eigenvalue weighted by molar-refractivity contribution is -0.116. The van der Waals surface area contributed by atoms with Gasteiger partial charge in [-0.3, -0.25) is 9.59 Å². The van der Waals surface area contributed by atoms with Crippen LogP contribution in [0, 0.1) is 0 Å². The molecule has 1 rings (SSSR count). The van der Waals surface area contributed by atoms with Crippen molar-refractivity contribution in [2.45, 2.75) is 46.0 Å². The van der Waals surface area contributed by atoms with E-state index >= 15 is 0 Å². The highest BCUT2D eigenvalue weighted by atomic mass is 16.1. The van der Waals surface area contributed by atoms with E-state index in [0.29, 0.717) is 17.7 Å². The van der Waals surface area contributed by atoms with Crippen molar-refractivity contribution in [1.82, 2.24) is 0 Å². The normalized spacial score (nSPS) is 10.1. The van der Waals surface area contributed by atoms with Gasteiger partial charge >= 0.3 is 0 Å². The molecule has 0 saturated heterocycles. The second kappa shape index (κ2) is 7.64. The molecule has 0 spiro atoms. The van der Waals surface area contributed by atoms with Gasteiger partial charge in [0.15, 0.2) is 5.78 Å². The summed E-state index contributed by atoms with van der Waals surface area (Å²) in [6.07, 6.45) is 4.83. The molecule has 0 unspecified atom stereocenters. The third-order valence-corrected chi connectivity index (χ3v) is 2.84. The van der Waals surface area contributed by atoms with Gasteiger partial charge in [-0.2, -0.15) is 0 Å². The molecule has 0 heterocycles. The Balaban J connectivity index is 2.51. The second-order valence-corrected chi connectivity index (χ2v) is 4.46. The summed E-state index contributed by atoms with van der Waals surface area (Å²) in [4.78, 5) is 23.1. The number of nitrogens with one attached hydrogen (secondary N) is 1. The molecule has 3 nitrogen and oxygen atoms in total. The van der Waals surface area contributed by atoms with Gasteiger partial charge in [0.25, 0.3) is 0 Å². The lowest BCUT2D eigenvalue weighted by atomic mass is 10.1. The van der Waals surface area contributed by atoms with E-state index in [4.69, 9.17) is 0 Å². The lowest BCUT2D eigenvalue weighted by Crippen LogP contribution is -2.13. The van der Waals surface area contributed by atoms with E-state index in [1.807, 2.05) is 6.07 Å². The summed E-state index contributed by atoms with van der Waals surface area (Å²) >= 11 is 0. The van der Waals surface area contributed by atoms with E-state index in [9.17, 15) is 9.59 Å². The molecule has 0 fully saturated rings. The molecule has 3 heteroatoms. The minimum Gasteiger partial charge on any atom is -0.325 e. The smallest absolute Gasteiger partial charge is 0.224 e. The van der Waals surface area contributed by atoms with Gasteiger partial charge in [0.1, 0.15) is 0 Å². The van der Waals surface area contributed by atoms with Gasteiger partial charge < -0.3 is 5.32 Å². The summed E-state index contributed by atoms with van der Waals surface area (Å²) in [5, 5.41) is 2.81. The number of benzene rings is 1. The molecule has 1 aromatic carbocycles. The molecule has 0 aliphatic rings. The predicted molar refractivity (Wildman–Crippen MR) is 73.8 cm³/mol. The number of amides is 1. The van der Waals surface area contributed by atoms with Crippen LogP contribution in [0.2, 0.25) is 0 Å². The van der Waals surface area contributed by atoms with Gasteiger partial charge in [0.05, 0.1) is 5.69 Å². The number of ketones is 1. The summed E-state index contributed by atoms with van der Waals surface area (Å²) in [5.41, 5.74) is 1.19. The van der Waals surface area contributed by atoms with Crippen LogP contribution in [0.15, 0.2) is 24.3 Å². The Morgan fingerprint density at radius 1 is 1.11 bits per heavy atom. The average molecular weight is 247 g/mol. The third-order valence-electron chi connectivity index (χ3n) is 2.84. The van der Waals surface area contributed by atoms with Crippen LogP contribution >= 0.6 is 0 Å². The number of para-hydroxylation sites is 1. The van der Waals surface area contributed by atoms with Crippen molar-refractivity contribution < 1.29 is 9.59 Å². The van der Waals surface area contributed by atoms with Gasteiger partial charge in [-0.1, -0.05) is 38.3 Å². The van der Waals surface area contributed by atoms with Gasteiger partial charge in [0, 0.05) is 12.0 Å². The molecule has 0 bridgehead atoms. The van der Waals surface area contributed by atoms with E-state index in [-0.39, 0.29) is 11.7 Å². The minimum absolute atomic E-state index is 0.0141. The first-order chi connectivity index (χ1) is 8.65. The fourth-order valence-electron chi connectivity index (χ4n) is 1.82. The molecule has 1 N–H and O–H groups in total. The summed E-state index contributed by atoms with van der Waals surface area (Å²) in [6, 6.07) is 7.11. The Labute approximate surface area is 109 Å². The van der Waals surface area contributed by atoms with Crippen LogP contribution in [-0.2, 0) is 4.79 Å². The van der Waals surface area contributed by atoms with E-state index in [1.165, 1.54) is 6.92 Å². The van der Waals surface area contributed by atoms with Gasteiger partial charge in [0.2, 0.25) is 5.91 Å². The van der Waals surface area contributed by atoms with Crippen molar-refractivity contribution in [2.24, 2.45) is 0 Å². The number of carbonyl (C=O) groups excluding carboxylic acids is 2. The van der Waals surface area contributed by atoms with Crippen LogP contribution in [0.25, 0.3) is 0 Å². The summed E-state index contributed by atoms with van der Waals surface area (Å²) in [7, 11) is 0. The molecule has 98 valence electrons. The second-order valence-electron chi connectivity index (χ2n) is 4.46. The summed E-state index contributed by atoms with van der Waals surface area (Å²) < 4.78 is 0. The Morgan fingerprint density at radius 3 is 2.50 bits per heavy atom. The number of unbranched alkanes of at least 4 members (excludes halogenated alkanes) is 3. The Kier molecular flexibility index (Phi) is 6.12. The quantitative estimate of drug-likeness (QED) is 0.588. The highest BCUT2D eigenvalue weighted by molar-refractivity contribution is 6.03. The van der Waals surface area contributed by atoms with Crippen LogP contribution in [0.1, 0.15) is 56.3 Å². The molecule has 0 radical (unpaired) electrons. The number of hydrogen-bond acceptors (Lipinski definition) is 2. The summed E-state index contributed by atoms with van der Waals surface area (Å²) in [5.74, 6) is -0.0447. The molecule has 0 aromatic heterocycles. The SMILES string of the molecule is CCCCCCC(=O)Nc1ccccc1C(C)=O. The molecule has 0 aliphatic carbocycles. The fraction of sp³-hybridized carbons (Fsp3) is 0.467. The van der Waals surface area contributed by atoms with E-state index < -0.39 is 0 Å². The zero-order chi connectivity index (χ0) is 13.4. The van der Waals surface area contributed by atoms with E-state index in [2.05, 4.69) is 12.2 Å². The molecular formula is C15H21NO2. The van der Waals surface area contributed by atoms with Crippen molar-refractivity contribution in [3.8, 4) is 0 Å². The first-order valence-corrected chi connectivity index (χ1v) is 6.55. The largest absolute Gasteiger partial charge is 0.325 e. The number of hydrogen-bond donors (Lipinski definition) is 1. The molecule has 1 aromatic rings. The first kappa shape index (κ1) is 14.4. The van der Waals surface area contributed by atoms with Crippen molar-refractivity contribution in [2.75, 3.05) is 5.32 Å². The fourth-order valence-corrected chi connectivity index (χ4v) is 1.82. The highest BCUT2D eigenvalue weighted by Gasteiger charge is 2.08. The highest BCUT2D eigenvalue weighted by Crippen LogP contribution is 2.16. The van der Waals surface area contributed by atoms with Gasteiger partial charge in [-0.15, -0.1) is 0 Å². The third kappa shape index (κ3) is 4.70. The van der Waals surface area contributed by atoms with Crippen LogP contribution in [0.3, 0.4) is 0 Å². The first-order valence-electron chi connectivity index (χ1n) is 6.55. The zero-order valence-corrected chi connectivity index (χ0v) is 11.2.